The predicted octanol–water partition coefficient (Wildman–Crippen LogP) is 1.52. The molecule has 1 heterocycles. The van der Waals surface area contributed by atoms with Gasteiger partial charge in [0.1, 0.15) is 5.15 Å². The van der Waals surface area contributed by atoms with E-state index in [2.05, 4.69) is 10.3 Å². The number of nitrogens with one attached hydrogen (secondary N) is 1. The third-order valence-corrected chi connectivity index (χ3v) is 2.56. The molecule has 0 aromatic carbocycles. The van der Waals surface area contributed by atoms with Gasteiger partial charge in [-0.25, -0.2) is 4.98 Å². The molecule has 0 fully saturated rings. The summed E-state index contributed by atoms with van der Waals surface area (Å²) in [4.78, 5) is 15.5. The van der Waals surface area contributed by atoms with Gasteiger partial charge in [-0.2, -0.15) is 0 Å². The second-order valence-electron chi connectivity index (χ2n) is 3.43. The molecule has 0 atom stereocenters. The lowest BCUT2D eigenvalue weighted by Crippen LogP contribution is -2.25. The predicted molar refractivity (Wildman–Crippen MR) is 69.1 cm³/mol. The molecule has 0 aliphatic rings. The molecule has 18 heavy (non-hydrogen) atoms. The molecule has 100 valence electrons. The van der Waals surface area contributed by atoms with Gasteiger partial charge in [-0.05, 0) is 12.5 Å². The standard InChI is InChI=1S/C11H14Cl2N2O3/c12-9-7-15-10(13)6-8(9)11(17)14-2-1-4-18-5-3-16/h6-7,16H,1-5H2,(H,14,17). The molecule has 1 amide bonds. The van der Waals surface area contributed by atoms with Crippen molar-refractivity contribution in [3.05, 3.63) is 28.0 Å². The number of pyridine rings is 1. The molecule has 1 aromatic heterocycles. The molecule has 0 aliphatic heterocycles. The van der Waals surface area contributed by atoms with Gasteiger partial charge in [0.05, 0.1) is 23.8 Å². The van der Waals surface area contributed by atoms with Crippen molar-refractivity contribution in [2.45, 2.75) is 6.42 Å². The molecule has 1 rings (SSSR count). The largest absolute Gasteiger partial charge is 0.394 e. The van der Waals surface area contributed by atoms with Crippen molar-refractivity contribution in [2.75, 3.05) is 26.4 Å². The Balaban J connectivity index is 2.34. The highest BCUT2D eigenvalue weighted by Gasteiger charge is 2.10. The van der Waals surface area contributed by atoms with Crippen LogP contribution in [0.15, 0.2) is 12.3 Å². The summed E-state index contributed by atoms with van der Waals surface area (Å²) in [5, 5.41) is 11.7. The summed E-state index contributed by atoms with van der Waals surface area (Å²) in [6.07, 6.45) is 1.99. The Morgan fingerprint density at radius 1 is 1.44 bits per heavy atom. The first kappa shape index (κ1) is 15.2. The van der Waals surface area contributed by atoms with E-state index in [-0.39, 0.29) is 22.7 Å². The van der Waals surface area contributed by atoms with Gasteiger partial charge in [0.25, 0.3) is 5.91 Å². The smallest absolute Gasteiger partial charge is 0.252 e. The summed E-state index contributed by atoms with van der Waals surface area (Å²) in [5.41, 5.74) is 0.299. The molecule has 0 bridgehead atoms. The molecule has 0 unspecified atom stereocenters. The molecular weight excluding hydrogens is 279 g/mol. The second kappa shape index (κ2) is 8.26. The van der Waals surface area contributed by atoms with Crippen LogP contribution in [0, 0.1) is 0 Å². The van der Waals surface area contributed by atoms with Crippen LogP contribution >= 0.6 is 23.2 Å². The number of hydrogen-bond donors (Lipinski definition) is 2. The molecular formula is C11H14Cl2N2O3. The third-order valence-electron chi connectivity index (χ3n) is 2.05. The summed E-state index contributed by atoms with van der Waals surface area (Å²) in [7, 11) is 0. The molecule has 0 radical (unpaired) electrons. The van der Waals surface area contributed by atoms with E-state index in [0.717, 1.165) is 0 Å². The summed E-state index contributed by atoms with van der Waals surface area (Å²) >= 11 is 11.5. The van der Waals surface area contributed by atoms with E-state index in [1.165, 1.54) is 12.3 Å². The van der Waals surface area contributed by atoms with Crippen LogP contribution in [0.4, 0.5) is 0 Å². The Hall–Kier alpha value is -0.880. The van der Waals surface area contributed by atoms with E-state index >= 15 is 0 Å². The summed E-state index contributed by atoms with van der Waals surface area (Å²) < 4.78 is 5.05. The normalized spacial score (nSPS) is 10.4. The lowest BCUT2D eigenvalue weighted by atomic mass is 10.2. The Bertz CT molecular complexity index is 402. The molecule has 0 saturated heterocycles. The maximum absolute atomic E-state index is 11.7. The van der Waals surface area contributed by atoms with E-state index in [9.17, 15) is 4.79 Å². The quantitative estimate of drug-likeness (QED) is 0.590. The molecule has 0 aliphatic carbocycles. The lowest BCUT2D eigenvalue weighted by Gasteiger charge is -2.07. The average molecular weight is 293 g/mol. The van der Waals surface area contributed by atoms with Crippen molar-refractivity contribution in [1.82, 2.24) is 10.3 Å². The maximum atomic E-state index is 11.7. The SMILES string of the molecule is O=C(NCCCOCCO)c1cc(Cl)ncc1Cl. The number of halogens is 2. The minimum atomic E-state index is -0.300. The van der Waals surface area contributed by atoms with Crippen LogP contribution in [0.5, 0.6) is 0 Å². The van der Waals surface area contributed by atoms with Gasteiger partial charge in [-0.1, -0.05) is 23.2 Å². The van der Waals surface area contributed by atoms with Crippen LogP contribution in [-0.4, -0.2) is 42.4 Å². The number of aliphatic hydroxyl groups is 1. The highest BCUT2D eigenvalue weighted by molar-refractivity contribution is 6.35. The number of hydrogen-bond acceptors (Lipinski definition) is 4. The third kappa shape index (κ3) is 5.18. The number of ether oxygens (including phenoxy) is 1. The Morgan fingerprint density at radius 2 is 2.22 bits per heavy atom. The van der Waals surface area contributed by atoms with Crippen LogP contribution in [0.1, 0.15) is 16.8 Å². The fraction of sp³-hybridized carbons (Fsp3) is 0.455. The maximum Gasteiger partial charge on any atom is 0.252 e. The van der Waals surface area contributed by atoms with E-state index in [4.69, 9.17) is 33.0 Å². The van der Waals surface area contributed by atoms with Gasteiger partial charge < -0.3 is 15.2 Å². The van der Waals surface area contributed by atoms with E-state index in [1.807, 2.05) is 0 Å². The minimum Gasteiger partial charge on any atom is -0.394 e. The molecule has 5 nitrogen and oxygen atoms in total. The van der Waals surface area contributed by atoms with E-state index in [0.29, 0.717) is 31.7 Å². The minimum absolute atomic E-state index is 0.00250. The first-order valence-electron chi connectivity index (χ1n) is 5.43. The van der Waals surface area contributed by atoms with Crippen molar-refractivity contribution in [3.63, 3.8) is 0 Å². The Morgan fingerprint density at radius 3 is 2.94 bits per heavy atom. The number of carbonyl (C=O) groups excluding carboxylic acids is 1. The number of rotatable bonds is 7. The van der Waals surface area contributed by atoms with Crippen molar-refractivity contribution in [2.24, 2.45) is 0 Å². The van der Waals surface area contributed by atoms with Gasteiger partial charge >= 0.3 is 0 Å². The van der Waals surface area contributed by atoms with Crippen molar-refractivity contribution < 1.29 is 14.6 Å². The Labute approximate surface area is 115 Å². The van der Waals surface area contributed by atoms with Crippen LogP contribution < -0.4 is 5.32 Å². The number of nitrogens with zero attached hydrogens (tertiary/aromatic N) is 1. The fourth-order valence-electron chi connectivity index (χ4n) is 1.23. The number of aromatic nitrogens is 1. The average Bonchev–Trinajstić information content (AvgIpc) is 2.36. The van der Waals surface area contributed by atoms with E-state index in [1.54, 1.807) is 0 Å². The topological polar surface area (TPSA) is 71.5 Å². The zero-order chi connectivity index (χ0) is 13.4. The highest BCUT2D eigenvalue weighted by Crippen LogP contribution is 2.17. The fourth-order valence-corrected chi connectivity index (χ4v) is 1.57. The van der Waals surface area contributed by atoms with Gasteiger partial charge in [-0.15, -0.1) is 0 Å². The summed E-state index contributed by atoms with van der Waals surface area (Å²) in [6.45, 7) is 1.24. The van der Waals surface area contributed by atoms with Crippen molar-refractivity contribution in [3.8, 4) is 0 Å². The Kier molecular flexibility index (Phi) is 6.97. The van der Waals surface area contributed by atoms with Crippen molar-refractivity contribution in [1.29, 1.82) is 0 Å². The first-order chi connectivity index (χ1) is 8.65. The summed E-state index contributed by atoms with van der Waals surface area (Å²) in [6, 6.07) is 1.42. The monoisotopic (exact) mass is 292 g/mol. The van der Waals surface area contributed by atoms with Gasteiger partial charge in [0, 0.05) is 19.3 Å². The van der Waals surface area contributed by atoms with Crippen LogP contribution in [0.25, 0.3) is 0 Å². The van der Waals surface area contributed by atoms with Crippen LogP contribution in [0.3, 0.4) is 0 Å². The van der Waals surface area contributed by atoms with Crippen molar-refractivity contribution >= 4 is 29.1 Å². The van der Waals surface area contributed by atoms with Crippen LogP contribution in [-0.2, 0) is 4.74 Å². The molecule has 0 spiro atoms. The molecule has 1 aromatic rings. The van der Waals surface area contributed by atoms with Gasteiger partial charge in [0.15, 0.2) is 0 Å². The van der Waals surface area contributed by atoms with E-state index < -0.39 is 0 Å². The lowest BCUT2D eigenvalue weighted by molar-refractivity contribution is 0.0867. The number of amides is 1. The number of carbonyl (C=O) groups is 1. The number of aliphatic hydroxyl groups excluding tert-OH is 1. The summed E-state index contributed by atoms with van der Waals surface area (Å²) in [5.74, 6) is -0.300. The zero-order valence-electron chi connectivity index (χ0n) is 9.66. The van der Waals surface area contributed by atoms with Gasteiger partial charge in [-0.3, -0.25) is 4.79 Å². The highest BCUT2D eigenvalue weighted by atomic mass is 35.5. The molecule has 7 heteroatoms. The van der Waals surface area contributed by atoms with Gasteiger partial charge in [0.2, 0.25) is 0 Å². The zero-order valence-corrected chi connectivity index (χ0v) is 11.2. The second-order valence-corrected chi connectivity index (χ2v) is 4.23. The molecule has 0 saturated carbocycles. The van der Waals surface area contributed by atoms with Crippen LogP contribution in [0.2, 0.25) is 10.2 Å². The first-order valence-corrected chi connectivity index (χ1v) is 6.18. The molecule has 2 N–H and O–H groups in total.